The van der Waals surface area contributed by atoms with E-state index in [0.29, 0.717) is 0 Å². The molecule has 0 heterocycles. The summed E-state index contributed by atoms with van der Waals surface area (Å²) in [6, 6.07) is 53.8. The van der Waals surface area contributed by atoms with Gasteiger partial charge in [-0.15, -0.1) is 69.1 Å². The molecule has 0 unspecified atom stereocenters. The standard InChI is InChI=1S/2C27H27.C2H6Si.2ClH.Zr/c2*1-18-13-19(2)15-23(14-18)26-24-17-22(20-9-7-6-8-10-20)16-21(24)11-12-25(26)27(3,4)5;1-3-2;;;/h2*6-17H,1-5H3;1-2H3;2*1H;/q2*-1;;;;+4/p-2. The van der Waals surface area contributed by atoms with Crippen molar-refractivity contribution in [3.63, 3.8) is 0 Å². The van der Waals surface area contributed by atoms with Gasteiger partial charge in [-0.1, -0.05) is 197 Å². The Bertz CT molecular complexity index is 2410. The first kappa shape index (κ1) is 47.3. The van der Waals surface area contributed by atoms with Crippen LogP contribution in [0, 0.1) is 27.7 Å². The van der Waals surface area contributed by atoms with Gasteiger partial charge in [0.2, 0.25) is 0 Å². The Morgan fingerprint density at radius 2 is 0.733 bits per heavy atom. The van der Waals surface area contributed by atoms with E-state index in [0.717, 1.165) is 9.52 Å². The van der Waals surface area contributed by atoms with Crippen molar-refractivity contribution >= 4 is 48.1 Å². The van der Waals surface area contributed by atoms with Crippen LogP contribution in [0.4, 0.5) is 0 Å². The zero-order valence-electron chi connectivity index (χ0n) is 37.6. The van der Waals surface area contributed by atoms with E-state index in [1.165, 1.54) is 99.4 Å². The van der Waals surface area contributed by atoms with Crippen LogP contribution < -0.4 is 0 Å². The molecule has 0 aliphatic rings. The van der Waals surface area contributed by atoms with Gasteiger partial charge in [0.15, 0.2) is 0 Å². The summed E-state index contributed by atoms with van der Waals surface area (Å²) in [5, 5.41) is 5.34. The summed E-state index contributed by atoms with van der Waals surface area (Å²) in [4.78, 5) is 0. The van der Waals surface area contributed by atoms with E-state index in [9.17, 15) is 0 Å². The van der Waals surface area contributed by atoms with Gasteiger partial charge in [-0.05, 0) is 71.9 Å². The second-order valence-corrected chi connectivity index (χ2v) is 22.8. The van der Waals surface area contributed by atoms with Crippen molar-refractivity contribution in [3.8, 4) is 44.5 Å². The fourth-order valence-corrected chi connectivity index (χ4v) is 8.27. The number of rotatable bonds is 4. The van der Waals surface area contributed by atoms with Gasteiger partial charge >= 0.3 is 37.9 Å². The first-order chi connectivity index (χ1) is 28.5. The summed E-state index contributed by atoms with van der Waals surface area (Å²) in [5.41, 5.74) is 18.8. The molecule has 0 N–H and O–H groups in total. The molecule has 0 spiro atoms. The van der Waals surface area contributed by atoms with Crippen LogP contribution in [0.5, 0.6) is 0 Å². The van der Waals surface area contributed by atoms with Gasteiger partial charge in [0.05, 0.1) is 0 Å². The van der Waals surface area contributed by atoms with Crippen LogP contribution in [0.25, 0.3) is 66.1 Å². The Labute approximate surface area is 382 Å². The molecule has 2 radical (unpaired) electrons. The van der Waals surface area contributed by atoms with Gasteiger partial charge in [-0.2, -0.15) is 0 Å². The van der Waals surface area contributed by atoms with E-state index in [2.05, 4.69) is 228 Å². The fourth-order valence-electron chi connectivity index (χ4n) is 8.27. The SMILES string of the molecule is C[Si]C.Cc1cc(C)cc(-c2c(C(C)(C)C)ccc3[cH-]c(-c4ccccc4)cc23)c1.Cc1cc(C)cc(-c2c(C(C)(C)C)ccc3[cH-]c(-c4ccccc4)cc23)c1.[Cl][Zr+2][Cl]. The molecule has 0 fully saturated rings. The number of fused-ring (bicyclic) bond motifs is 2. The molecular weight excluding hydrogens is 863 g/mol. The van der Waals surface area contributed by atoms with Gasteiger partial charge in [0.25, 0.3) is 0 Å². The summed E-state index contributed by atoms with van der Waals surface area (Å²) < 4.78 is 0. The third-order valence-corrected chi connectivity index (χ3v) is 10.6. The van der Waals surface area contributed by atoms with Gasteiger partial charge in [0.1, 0.15) is 0 Å². The predicted octanol–water partition coefficient (Wildman–Crippen LogP) is 17.8. The number of benzene rings is 6. The summed E-state index contributed by atoms with van der Waals surface area (Å²) in [6.45, 7) is 26.9. The Kier molecular flexibility index (Phi) is 16.4. The van der Waals surface area contributed by atoms with Crippen molar-refractivity contribution in [3.05, 3.63) is 179 Å². The van der Waals surface area contributed by atoms with E-state index >= 15 is 0 Å². The molecule has 0 saturated heterocycles. The molecule has 0 aromatic heterocycles. The van der Waals surface area contributed by atoms with Crippen LogP contribution in [0.15, 0.2) is 146 Å². The molecule has 60 heavy (non-hydrogen) atoms. The normalized spacial score (nSPS) is 11.2. The molecule has 0 saturated carbocycles. The zero-order valence-corrected chi connectivity index (χ0v) is 42.6. The molecule has 0 aliphatic carbocycles. The third-order valence-electron chi connectivity index (χ3n) is 10.6. The second-order valence-electron chi connectivity index (χ2n) is 18.0. The molecule has 0 amide bonds. The summed E-state index contributed by atoms with van der Waals surface area (Å²) in [6.07, 6.45) is 0. The third kappa shape index (κ3) is 11.8. The number of halogens is 2. The Morgan fingerprint density at radius 3 is 1.02 bits per heavy atom. The quantitative estimate of drug-likeness (QED) is 0.122. The number of aryl methyl sites for hydroxylation is 4. The molecular formula is C56H60Cl2SiZr. The summed E-state index contributed by atoms with van der Waals surface area (Å²) >= 11 is -0.826. The first-order valence-corrected chi connectivity index (χ1v) is 29.1. The first-order valence-electron chi connectivity index (χ1n) is 20.8. The average molecular weight is 923 g/mol. The molecule has 0 nitrogen and oxygen atoms in total. The van der Waals surface area contributed by atoms with Crippen molar-refractivity contribution in [2.45, 2.75) is 93.2 Å². The number of hydrogen-bond acceptors (Lipinski definition) is 0. The fraction of sp³-hybridized carbons (Fsp3) is 0.250. The molecule has 0 aliphatic heterocycles. The van der Waals surface area contributed by atoms with Crippen molar-refractivity contribution in [2.75, 3.05) is 0 Å². The van der Waals surface area contributed by atoms with Crippen molar-refractivity contribution in [1.29, 1.82) is 0 Å². The van der Waals surface area contributed by atoms with Gasteiger partial charge < -0.3 is 0 Å². The minimum absolute atomic E-state index is 0.0886. The Morgan fingerprint density at radius 1 is 0.433 bits per heavy atom. The molecule has 0 atom stereocenters. The molecule has 8 aromatic carbocycles. The van der Waals surface area contributed by atoms with Gasteiger partial charge in [-0.25, -0.2) is 0 Å². The van der Waals surface area contributed by atoms with Crippen molar-refractivity contribution in [1.82, 2.24) is 0 Å². The second kappa shape index (κ2) is 20.9. The van der Waals surface area contributed by atoms with E-state index < -0.39 is 20.8 Å². The van der Waals surface area contributed by atoms with Crippen LogP contribution in [-0.4, -0.2) is 9.52 Å². The van der Waals surface area contributed by atoms with Gasteiger partial charge in [-0.3, -0.25) is 0 Å². The van der Waals surface area contributed by atoms with E-state index in [1.807, 2.05) is 0 Å². The van der Waals surface area contributed by atoms with Crippen LogP contribution >= 0.6 is 17.0 Å². The van der Waals surface area contributed by atoms with Crippen molar-refractivity contribution in [2.24, 2.45) is 0 Å². The van der Waals surface area contributed by atoms with Crippen LogP contribution in [-0.2, 0) is 31.7 Å². The maximum absolute atomic E-state index is 4.93. The Balaban J connectivity index is 0.000000201. The van der Waals surface area contributed by atoms with Crippen molar-refractivity contribution < 1.29 is 20.8 Å². The molecule has 4 heteroatoms. The van der Waals surface area contributed by atoms with E-state index in [-0.39, 0.29) is 10.8 Å². The predicted molar refractivity (Wildman–Crippen MR) is 266 cm³/mol. The molecule has 306 valence electrons. The minimum atomic E-state index is -0.826. The monoisotopic (exact) mass is 920 g/mol. The van der Waals surface area contributed by atoms with Crippen LogP contribution in [0.2, 0.25) is 13.1 Å². The molecule has 8 rings (SSSR count). The summed E-state index contributed by atoms with van der Waals surface area (Å²) in [5.74, 6) is 0. The number of hydrogen-bond donors (Lipinski definition) is 0. The Hall–Kier alpha value is -3.78. The molecule has 8 aromatic rings. The average Bonchev–Trinajstić information content (AvgIpc) is 3.83. The maximum atomic E-state index is 4.93. The summed E-state index contributed by atoms with van der Waals surface area (Å²) in [7, 11) is 11.0. The van der Waals surface area contributed by atoms with Gasteiger partial charge in [0, 0.05) is 9.52 Å². The van der Waals surface area contributed by atoms with Crippen LogP contribution in [0.3, 0.4) is 0 Å². The van der Waals surface area contributed by atoms with E-state index in [1.54, 1.807) is 0 Å². The molecule has 0 bridgehead atoms. The van der Waals surface area contributed by atoms with Crippen LogP contribution in [0.1, 0.15) is 74.9 Å². The van der Waals surface area contributed by atoms with E-state index in [4.69, 9.17) is 17.0 Å². The topological polar surface area (TPSA) is 0 Å². The zero-order chi connectivity index (χ0) is 43.8.